The number of anilines is 3. The fraction of sp³-hybridized carbons (Fsp3) is 0.233. The first-order valence-electron chi connectivity index (χ1n) is 13.2. The largest absolute Gasteiger partial charge is 0.490 e. The van der Waals surface area contributed by atoms with Crippen LogP contribution in [0.15, 0.2) is 67.5 Å². The zero-order valence-electron chi connectivity index (χ0n) is 22.5. The summed E-state index contributed by atoms with van der Waals surface area (Å²) >= 11 is 6.38. The number of hydrogen-bond donors (Lipinski definition) is 2. The minimum atomic E-state index is -0.649. The molecule has 2 heterocycles. The maximum atomic E-state index is 15.2. The predicted octanol–water partition coefficient (Wildman–Crippen LogP) is 5.72. The number of amides is 1. The second-order valence-corrected chi connectivity index (χ2v) is 9.80. The second-order valence-electron chi connectivity index (χ2n) is 9.39. The van der Waals surface area contributed by atoms with Crippen molar-refractivity contribution in [3.8, 4) is 11.5 Å². The Morgan fingerprint density at radius 3 is 2.69 bits per heavy atom. The quantitative estimate of drug-likeness (QED) is 0.213. The fourth-order valence-electron chi connectivity index (χ4n) is 4.34. The van der Waals surface area contributed by atoms with Crippen LogP contribution in [0.4, 0.5) is 26.0 Å². The highest BCUT2D eigenvalue weighted by Gasteiger charge is 2.17. The van der Waals surface area contributed by atoms with E-state index >= 15 is 4.39 Å². The Morgan fingerprint density at radius 1 is 1.07 bits per heavy atom. The van der Waals surface area contributed by atoms with Gasteiger partial charge in [0, 0.05) is 37.2 Å². The number of fused-ring (bicyclic) bond motifs is 1. The van der Waals surface area contributed by atoms with Gasteiger partial charge in [0.05, 0.1) is 35.1 Å². The molecule has 2 N–H and O–H groups in total. The zero-order valence-corrected chi connectivity index (χ0v) is 23.3. The van der Waals surface area contributed by atoms with Crippen LogP contribution >= 0.6 is 11.6 Å². The van der Waals surface area contributed by atoms with Crippen LogP contribution in [-0.4, -0.2) is 60.2 Å². The molecule has 3 aromatic carbocycles. The van der Waals surface area contributed by atoms with E-state index in [2.05, 4.69) is 32.1 Å². The number of halogens is 3. The number of nitrogens with zero attached hydrogens (tertiary/aromatic N) is 3. The Hall–Kier alpha value is -4.32. The van der Waals surface area contributed by atoms with Crippen LogP contribution in [0.1, 0.15) is 5.56 Å². The molecule has 12 heteroatoms. The number of hydrogen-bond acceptors (Lipinski definition) is 8. The van der Waals surface area contributed by atoms with E-state index in [0.29, 0.717) is 54.3 Å². The lowest BCUT2D eigenvalue weighted by molar-refractivity contribution is -0.111. The zero-order chi connectivity index (χ0) is 29.5. The molecule has 5 rings (SSSR count). The lowest BCUT2D eigenvalue weighted by Gasteiger charge is -2.26. The number of aromatic nitrogens is 2. The van der Waals surface area contributed by atoms with E-state index in [0.717, 1.165) is 25.2 Å². The fourth-order valence-corrected chi connectivity index (χ4v) is 4.56. The van der Waals surface area contributed by atoms with Crippen molar-refractivity contribution in [3.05, 3.63) is 89.7 Å². The Kier molecular flexibility index (Phi) is 9.42. The molecule has 0 aliphatic carbocycles. The summed E-state index contributed by atoms with van der Waals surface area (Å²) in [6.07, 6.45) is 2.48. The SMILES string of the molecule is C=CC(=O)Nc1cc2c(Nc3cc(Cl)c(OCc4cccc(F)c4)cc3F)ncnc2cc1OCCN1CCOCC1. The van der Waals surface area contributed by atoms with Crippen molar-refractivity contribution in [1.29, 1.82) is 0 Å². The van der Waals surface area contributed by atoms with Gasteiger partial charge in [0.1, 0.15) is 48.5 Å². The van der Waals surface area contributed by atoms with Crippen LogP contribution in [-0.2, 0) is 16.1 Å². The number of rotatable bonds is 11. The van der Waals surface area contributed by atoms with E-state index in [9.17, 15) is 9.18 Å². The van der Waals surface area contributed by atoms with Crippen molar-refractivity contribution in [2.75, 3.05) is 50.1 Å². The molecule has 0 saturated carbocycles. The first kappa shape index (κ1) is 29.2. The second kappa shape index (κ2) is 13.6. The lowest BCUT2D eigenvalue weighted by atomic mass is 10.1. The highest BCUT2D eigenvalue weighted by atomic mass is 35.5. The Balaban J connectivity index is 1.37. The van der Waals surface area contributed by atoms with Crippen LogP contribution in [0.3, 0.4) is 0 Å². The average Bonchev–Trinajstić information content (AvgIpc) is 2.99. The van der Waals surface area contributed by atoms with E-state index in [1.165, 1.54) is 24.5 Å². The Labute approximate surface area is 246 Å². The number of nitrogens with one attached hydrogen (secondary N) is 2. The molecule has 1 aliphatic rings. The van der Waals surface area contributed by atoms with Crippen molar-refractivity contribution in [1.82, 2.24) is 14.9 Å². The first-order valence-corrected chi connectivity index (χ1v) is 13.6. The molecule has 1 aliphatic heterocycles. The standard InChI is InChI=1S/C30H28ClF2N5O4/c1-2-29(39)36-26-13-21-24(16-28(26)41-11-8-38-6-9-40-10-7-38)34-18-35-30(21)37-25-14-22(31)27(15-23(25)33)42-17-19-4-3-5-20(32)12-19/h2-5,12-16,18H,1,6-11,17H2,(H,36,39)(H,34,35,37). The van der Waals surface area contributed by atoms with Gasteiger partial charge in [0.2, 0.25) is 5.91 Å². The van der Waals surface area contributed by atoms with Gasteiger partial charge in [-0.15, -0.1) is 0 Å². The summed E-state index contributed by atoms with van der Waals surface area (Å²) in [6, 6.07) is 11.8. The highest BCUT2D eigenvalue weighted by Crippen LogP contribution is 2.36. The summed E-state index contributed by atoms with van der Waals surface area (Å²) in [7, 11) is 0. The van der Waals surface area contributed by atoms with Crippen LogP contribution in [0.2, 0.25) is 5.02 Å². The molecule has 0 unspecified atom stereocenters. The molecule has 0 radical (unpaired) electrons. The number of morpholine rings is 1. The Morgan fingerprint density at radius 2 is 1.90 bits per heavy atom. The number of benzene rings is 3. The molecule has 0 spiro atoms. The summed E-state index contributed by atoms with van der Waals surface area (Å²) in [5.41, 5.74) is 1.50. The minimum absolute atomic E-state index is 0.0102. The number of ether oxygens (including phenoxy) is 3. The van der Waals surface area contributed by atoms with Crippen LogP contribution < -0.4 is 20.1 Å². The molecule has 218 valence electrons. The van der Waals surface area contributed by atoms with Crippen LogP contribution in [0.5, 0.6) is 11.5 Å². The van der Waals surface area contributed by atoms with Gasteiger partial charge in [-0.1, -0.05) is 30.3 Å². The predicted molar refractivity (Wildman–Crippen MR) is 157 cm³/mol. The topological polar surface area (TPSA) is 97.8 Å². The van der Waals surface area contributed by atoms with Gasteiger partial charge >= 0.3 is 0 Å². The van der Waals surface area contributed by atoms with Gasteiger partial charge in [0.25, 0.3) is 0 Å². The summed E-state index contributed by atoms with van der Waals surface area (Å²) in [5, 5.41) is 6.36. The summed E-state index contributed by atoms with van der Waals surface area (Å²) in [5.74, 6) is -0.676. The van der Waals surface area contributed by atoms with Crippen molar-refractivity contribution < 1.29 is 27.8 Å². The summed E-state index contributed by atoms with van der Waals surface area (Å²) in [4.78, 5) is 23.0. The van der Waals surface area contributed by atoms with E-state index in [1.54, 1.807) is 24.3 Å². The minimum Gasteiger partial charge on any atom is -0.490 e. The molecule has 1 saturated heterocycles. The lowest BCUT2D eigenvalue weighted by Crippen LogP contribution is -2.38. The summed E-state index contributed by atoms with van der Waals surface area (Å²) in [6.45, 7) is 7.61. The molecule has 0 bridgehead atoms. The van der Waals surface area contributed by atoms with Crippen molar-refractivity contribution in [2.45, 2.75) is 6.61 Å². The maximum Gasteiger partial charge on any atom is 0.247 e. The molecule has 0 atom stereocenters. The van der Waals surface area contributed by atoms with E-state index in [4.69, 9.17) is 25.8 Å². The molecule has 1 aromatic heterocycles. The monoisotopic (exact) mass is 595 g/mol. The molecule has 42 heavy (non-hydrogen) atoms. The van der Waals surface area contributed by atoms with Gasteiger partial charge in [-0.25, -0.2) is 18.7 Å². The molecule has 9 nitrogen and oxygen atoms in total. The molecular formula is C30H28ClF2N5O4. The van der Waals surface area contributed by atoms with Crippen molar-refractivity contribution >= 4 is 45.6 Å². The normalized spacial score (nSPS) is 13.5. The average molecular weight is 596 g/mol. The van der Waals surface area contributed by atoms with Crippen molar-refractivity contribution in [2.24, 2.45) is 0 Å². The Bertz CT molecular complexity index is 1600. The van der Waals surface area contributed by atoms with E-state index in [-0.39, 0.29) is 28.9 Å². The van der Waals surface area contributed by atoms with Gasteiger partial charge in [-0.05, 0) is 35.9 Å². The molecular weight excluding hydrogens is 568 g/mol. The third-order valence-electron chi connectivity index (χ3n) is 6.51. The third-order valence-corrected chi connectivity index (χ3v) is 6.80. The van der Waals surface area contributed by atoms with E-state index in [1.807, 2.05) is 0 Å². The number of carbonyl (C=O) groups excluding carboxylic acids is 1. The molecule has 1 amide bonds. The van der Waals surface area contributed by atoms with Gasteiger partial charge in [-0.3, -0.25) is 9.69 Å². The van der Waals surface area contributed by atoms with Crippen LogP contribution in [0.25, 0.3) is 10.9 Å². The van der Waals surface area contributed by atoms with Gasteiger partial charge in [-0.2, -0.15) is 0 Å². The van der Waals surface area contributed by atoms with Gasteiger partial charge in [0.15, 0.2) is 0 Å². The molecule has 1 fully saturated rings. The summed E-state index contributed by atoms with van der Waals surface area (Å²) < 4.78 is 45.7. The highest BCUT2D eigenvalue weighted by molar-refractivity contribution is 6.32. The third kappa shape index (κ3) is 7.30. The molecule has 4 aromatic rings. The maximum absolute atomic E-state index is 15.2. The number of carbonyl (C=O) groups is 1. The smallest absolute Gasteiger partial charge is 0.247 e. The first-order chi connectivity index (χ1) is 20.4. The van der Waals surface area contributed by atoms with Crippen molar-refractivity contribution in [3.63, 3.8) is 0 Å². The van der Waals surface area contributed by atoms with E-state index < -0.39 is 17.5 Å². The van der Waals surface area contributed by atoms with Crippen LogP contribution in [0, 0.1) is 11.6 Å². The van der Waals surface area contributed by atoms with Gasteiger partial charge < -0.3 is 24.8 Å².